The average Bonchev–Trinajstić information content (AvgIpc) is 4.14. The third kappa shape index (κ3) is 9.43. The standard InChI is InChI=1S/C47H57N7O11S/c1-11-29-24-47(29,42(58)53-66(60,61)46(19-20-46)41(57)49-37-26(2)52-65-27(37)3)51-39(55)35-22-31(25-54(35)40(56)38(44(4,5)6)50-43(59)64-45(7,8)9)63-36-23-33(28-15-13-12-14-16-28)48-34-21-30(62-10)17-18-32(34)36/h11-18,21,23,29,31,35,38H,1,19-20,22,24-25H2,2-10H3,(H,49,57)(H,50,59)(H,51,55)(H,53,58). The lowest BCUT2D eigenvalue weighted by Crippen LogP contribution is -2.60. The lowest BCUT2D eigenvalue weighted by molar-refractivity contribution is -0.143. The van der Waals surface area contributed by atoms with Crippen molar-refractivity contribution in [2.75, 3.05) is 19.0 Å². The summed E-state index contributed by atoms with van der Waals surface area (Å²) in [6.45, 7) is 17.2. The second kappa shape index (κ2) is 17.4. The Morgan fingerprint density at radius 3 is 2.26 bits per heavy atom. The van der Waals surface area contributed by atoms with E-state index in [1.54, 1.807) is 86.8 Å². The first kappa shape index (κ1) is 47.5. The molecule has 5 unspecified atom stereocenters. The summed E-state index contributed by atoms with van der Waals surface area (Å²) in [6, 6.07) is 14.1. The molecule has 352 valence electrons. The number of methoxy groups -OCH3 is 1. The van der Waals surface area contributed by atoms with Gasteiger partial charge in [0.05, 0.1) is 24.9 Å². The minimum absolute atomic E-state index is 0.0119. The second-order valence-corrected chi connectivity index (χ2v) is 21.3. The normalized spacial score (nSPS) is 21.5. The van der Waals surface area contributed by atoms with Gasteiger partial charge in [-0.05, 0) is 71.4 Å². The number of hydrogen-bond donors (Lipinski definition) is 4. The summed E-state index contributed by atoms with van der Waals surface area (Å²) in [4.78, 5) is 76.7. The Kier molecular flexibility index (Phi) is 12.5. The SMILES string of the molecule is C=CC1CC1(NC(=O)C1CC(Oc2cc(-c3ccccc3)nc3cc(OC)ccc23)CN1C(=O)C(NC(=O)OC(C)(C)C)C(C)(C)C)C(=O)NS(=O)(=O)C1(C(=O)Nc2c(C)noc2C)CC1. The van der Waals surface area contributed by atoms with Crippen LogP contribution in [0.5, 0.6) is 11.5 Å². The summed E-state index contributed by atoms with van der Waals surface area (Å²) in [7, 11) is -3.12. The maximum Gasteiger partial charge on any atom is 0.408 e. The number of nitrogens with zero attached hydrogens (tertiary/aromatic N) is 3. The molecule has 0 spiro atoms. The Balaban J connectivity index is 1.19. The van der Waals surface area contributed by atoms with Crippen molar-refractivity contribution in [1.29, 1.82) is 0 Å². The van der Waals surface area contributed by atoms with Gasteiger partial charge in [-0.25, -0.2) is 18.2 Å². The lowest BCUT2D eigenvalue weighted by Gasteiger charge is -2.36. The van der Waals surface area contributed by atoms with Crippen LogP contribution in [0, 0.1) is 25.2 Å². The van der Waals surface area contributed by atoms with Gasteiger partial charge in [0.1, 0.15) is 52.2 Å². The van der Waals surface area contributed by atoms with Gasteiger partial charge >= 0.3 is 6.09 Å². The maximum atomic E-state index is 14.9. The van der Waals surface area contributed by atoms with Crippen molar-refractivity contribution in [2.45, 2.75) is 115 Å². The van der Waals surface area contributed by atoms with Crippen molar-refractivity contribution >= 4 is 56.3 Å². The van der Waals surface area contributed by atoms with E-state index >= 15 is 0 Å². The number of benzene rings is 2. The van der Waals surface area contributed by atoms with Crippen LogP contribution >= 0.6 is 0 Å². The molecule has 2 aliphatic carbocycles. The molecule has 2 aromatic carbocycles. The smallest absolute Gasteiger partial charge is 0.408 e. The number of carbonyl (C=O) groups excluding carboxylic acids is 5. The number of aryl methyl sites for hydroxylation is 2. The van der Waals surface area contributed by atoms with E-state index in [2.05, 4.69) is 32.4 Å². The fourth-order valence-corrected chi connectivity index (χ4v) is 9.78. The van der Waals surface area contributed by atoms with Crippen LogP contribution in [0.2, 0.25) is 0 Å². The summed E-state index contributed by atoms with van der Waals surface area (Å²) >= 11 is 0. The molecule has 3 aliphatic rings. The van der Waals surface area contributed by atoms with E-state index in [9.17, 15) is 32.4 Å². The molecule has 19 heteroatoms. The highest BCUT2D eigenvalue weighted by atomic mass is 32.2. The van der Waals surface area contributed by atoms with Gasteiger partial charge in [0.2, 0.25) is 27.7 Å². The van der Waals surface area contributed by atoms with Crippen molar-refractivity contribution in [3.05, 3.63) is 78.7 Å². The number of amides is 5. The number of sulfonamides is 1. The summed E-state index contributed by atoms with van der Waals surface area (Å²) in [5.74, 6) is -2.75. The molecule has 0 radical (unpaired) electrons. The van der Waals surface area contributed by atoms with Crippen molar-refractivity contribution in [2.24, 2.45) is 11.3 Å². The predicted molar refractivity (Wildman–Crippen MR) is 244 cm³/mol. The summed E-state index contributed by atoms with van der Waals surface area (Å²) in [5, 5.41) is 12.5. The van der Waals surface area contributed by atoms with Gasteiger partial charge in [0.25, 0.3) is 5.91 Å². The van der Waals surface area contributed by atoms with Gasteiger partial charge in [0.15, 0.2) is 10.5 Å². The molecule has 18 nitrogen and oxygen atoms in total. The topological polar surface area (TPSA) is 237 Å². The molecule has 5 amide bonds. The first-order chi connectivity index (χ1) is 30.9. The van der Waals surface area contributed by atoms with Gasteiger partial charge in [-0.2, -0.15) is 0 Å². The Morgan fingerprint density at radius 1 is 0.985 bits per heavy atom. The third-order valence-corrected chi connectivity index (χ3v) is 14.2. The molecule has 4 N–H and O–H groups in total. The number of aromatic nitrogens is 2. The largest absolute Gasteiger partial charge is 0.497 e. The fraction of sp³-hybridized carbons (Fsp3) is 0.468. The van der Waals surface area contributed by atoms with Crippen LogP contribution in [0.1, 0.15) is 78.7 Å². The highest BCUT2D eigenvalue weighted by Crippen LogP contribution is 2.48. The third-order valence-electron chi connectivity index (χ3n) is 12.1. The van der Waals surface area contributed by atoms with E-state index in [0.717, 1.165) is 5.56 Å². The number of alkyl carbamates (subject to hydrolysis) is 1. The van der Waals surface area contributed by atoms with E-state index in [0.29, 0.717) is 33.8 Å². The van der Waals surface area contributed by atoms with Gasteiger partial charge in [-0.15, -0.1) is 6.58 Å². The number of ether oxygens (including phenoxy) is 3. The number of anilines is 1. The van der Waals surface area contributed by atoms with Crippen LogP contribution in [-0.4, -0.2) is 101 Å². The highest BCUT2D eigenvalue weighted by molar-refractivity contribution is 7.92. The Hall–Kier alpha value is -6.50. The predicted octanol–water partition coefficient (Wildman–Crippen LogP) is 5.48. The zero-order valence-corrected chi connectivity index (χ0v) is 39.4. The van der Waals surface area contributed by atoms with Gasteiger partial charge < -0.3 is 39.6 Å². The first-order valence-corrected chi connectivity index (χ1v) is 23.2. The number of rotatable bonds is 14. The lowest BCUT2D eigenvalue weighted by atomic mass is 9.85. The molecule has 5 atom stereocenters. The van der Waals surface area contributed by atoms with E-state index < -0.39 is 85.2 Å². The van der Waals surface area contributed by atoms with Crippen LogP contribution in [0.4, 0.5) is 10.5 Å². The molecule has 1 saturated heterocycles. The number of likely N-dealkylation sites (tertiary alicyclic amines) is 1. The van der Waals surface area contributed by atoms with Gasteiger partial charge in [-0.1, -0.05) is 62.3 Å². The molecule has 7 rings (SSSR count). The monoisotopic (exact) mass is 927 g/mol. The van der Waals surface area contributed by atoms with Crippen LogP contribution in [0.15, 0.2) is 71.8 Å². The van der Waals surface area contributed by atoms with Crippen molar-refractivity contribution < 1.29 is 51.1 Å². The van der Waals surface area contributed by atoms with Crippen LogP contribution in [-0.2, 0) is 33.9 Å². The molecular formula is C47H57N7O11S. The fourth-order valence-electron chi connectivity index (χ4n) is 8.22. The molecule has 2 aromatic heterocycles. The summed E-state index contributed by atoms with van der Waals surface area (Å²) in [5.41, 5.74) is -1.01. The Morgan fingerprint density at radius 2 is 1.68 bits per heavy atom. The zero-order chi connectivity index (χ0) is 48.1. The maximum absolute atomic E-state index is 14.9. The highest BCUT2D eigenvalue weighted by Gasteiger charge is 2.66. The molecular weight excluding hydrogens is 871 g/mol. The molecule has 66 heavy (non-hydrogen) atoms. The van der Waals surface area contributed by atoms with E-state index in [4.69, 9.17) is 23.7 Å². The molecule has 1 aliphatic heterocycles. The molecule has 3 fully saturated rings. The average molecular weight is 928 g/mol. The first-order valence-electron chi connectivity index (χ1n) is 21.7. The van der Waals surface area contributed by atoms with Gasteiger partial charge in [-0.3, -0.25) is 23.9 Å². The zero-order valence-electron chi connectivity index (χ0n) is 38.6. The van der Waals surface area contributed by atoms with Crippen LogP contribution in [0.3, 0.4) is 0 Å². The minimum atomic E-state index is -4.67. The molecule has 4 aromatic rings. The quantitative estimate of drug-likeness (QED) is 0.115. The molecule has 2 saturated carbocycles. The van der Waals surface area contributed by atoms with Gasteiger partial charge in [0, 0.05) is 35.4 Å². The second-order valence-electron chi connectivity index (χ2n) is 19.3. The minimum Gasteiger partial charge on any atom is -0.497 e. The van der Waals surface area contributed by atoms with E-state index in [1.807, 2.05) is 30.3 Å². The number of fused-ring (bicyclic) bond motifs is 1. The summed E-state index contributed by atoms with van der Waals surface area (Å²) < 4.78 is 50.8. The van der Waals surface area contributed by atoms with Crippen molar-refractivity contribution in [3.63, 3.8) is 0 Å². The number of hydrogen-bond acceptors (Lipinski definition) is 13. The van der Waals surface area contributed by atoms with E-state index in [-0.39, 0.29) is 43.7 Å². The van der Waals surface area contributed by atoms with E-state index in [1.165, 1.54) is 11.0 Å². The molecule has 3 heterocycles. The summed E-state index contributed by atoms with van der Waals surface area (Å²) in [6.07, 6.45) is -0.420. The van der Waals surface area contributed by atoms with Crippen molar-refractivity contribution in [1.82, 2.24) is 30.4 Å². The Bertz CT molecular complexity index is 2680. The number of carbonyl (C=O) groups is 5. The van der Waals surface area contributed by atoms with Crippen molar-refractivity contribution in [3.8, 4) is 22.8 Å². The molecule has 0 bridgehead atoms. The Labute approximate surface area is 383 Å². The number of nitrogens with one attached hydrogen (secondary N) is 4. The van der Waals surface area contributed by atoms with Crippen LogP contribution < -0.4 is 30.1 Å². The van der Waals surface area contributed by atoms with Crippen LogP contribution in [0.25, 0.3) is 22.2 Å². The number of pyridine rings is 1.